The van der Waals surface area contributed by atoms with Crippen molar-refractivity contribution in [3.8, 4) is 0 Å². The Balaban J connectivity index is 1.81. The number of halogens is 1. The average Bonchev–Trinajstić information content (AvgIpc) is 3.56. The first-order chi connectivity index (χ1) is 13.9. The van der Waals surface area contributed by atoms with E-state index in [4.69, 9.17) is 16.3 Å². The SMILES string of the molecule is CCC(Cl)(OC)c1cccc(NC(=O)c2ccc(C)nc2C(=O)NCC2CC2)c1. The predicted molar refractivity (Wildman–Crippen MR) is 113 cm³/mol. The number of anilines is 1. The highest BCUT2D eigenvalue weighted by Gasteiger charge is 2.28. The fourth-order valence-corrected chi connectivity index (χ4v) is 3.17. The van der Waals surface area contributed by atoms with E-state index in [9.17, 15) is 9.59 Å². The van der Waals surface area contributed by atoms with Crippen LogP contribution >= 0.6 is 11.6 Å². The molecule has 1 heterocycles. The minimum atomic E-state index is -0.958. The van der Waals surface area contributed by atoms with Crippen LogP contribution in [0.15, 0.2) is 36.4 Å². The Labute approximate surface area is 176 Å². The molecule has 29 heavy (non-hydrogen) atoms. The number of rotatable bonds is 8. The first-order valence-corrected chi connectivity index (χ1v) is 10.2. The fourth-order valence-electron chi connectivity index (χ4n) is 3.05. The maximum Gasteiger partial charge on any atom is 0.270 e. The zero-order valence-corrected chi connectivity index (χ0v) is 17.7. The molecule has 1 atom stereocenters. The van der Waals surface area contributed by atoms with Crippen LogP contribution in [0.25, 0.3) is 0 Å². The van der Waals surface area contributed by atoms with Gasteiger partial charge >= 0.3 is 0 Å². The van der Waals surface area contributed by atoms with Crippen molar-refractivity contribution < 1.29 is 14.3 Å². The summed E-state index contributed by atoms with van der Waals surface area (Å²) in [5.41, 5.74) is 2.35. The average molecular weight is 416 g/mol. The second-order valence-electron chi connectivity index (χ2n) is 7.32. The van der Waals surface area contributed by atoms with E-state index in [-0.39, 0.29) is 17.2 Å². The molecule has 1 fully saturated rings. The van der Waals surface area contributed by atoms with Gasteiger partial charge in [0, 0.05) is 30.6 Å². The quantitative estimate of drug-likeness (QED) is 0.632. The maximum absolute atomic E-state index is 12.9. The van der Waals surface area contributed by atoms with Crippen molar-refractivity contribution in [2.45, 2.75) is 38.2 Å². The third-order valence-corrected chi connectivity index (χ3v) is 5.71. The molecule has 1 saturated carbocycles. The van der Waals surface area contributed by atoms with Crippen LogP contribution in [0.4, 0.5) is 5.69 Å². The number of alkyl halides is 1. The summed E-state index contributed by atoms with van der Waals surface area (Å²) in [4.78, 5) is 29.8. The van der Waals surface area contributed by atoms with Crippen molar-refractivity contribution in [2.24, 2.45) is 5.92 Å². The molecule has 1 aromatic heterocycles. The number of amides is 2. The molecule has 2 amide bonds. The van der Waals surface area contributed by atoms with Gasteiger partial charge in [0.25, 0.3) is 11.8 Å². The molecule has 0 bridgehead atoms. The molecule has 1 unspecified atom stereocenters. The zero-order chi connectivity index (χ0) is 21.0. The number of methoxy groups -OCH3 is 1. The highest BCUT2D eigenvalue weighted by molar-refractivity contribution is 6.23. The second-order valence-corrected chi connectivity index (χ2v) is 7.93. The summed E-state index contributed by atoms with van der Waals surface area (Å²) in [6.07, 6.45) is 2.83. The van der Waals surface area contributed by atoms with Crippen LogP contribution in [0, 0.1) is 12.8 Å². The zero-order valence-electron chi connectivity index (χ0n) is 16.9. The predicted octanol–water partition coefficient (Wildman–Crippen LogP) is 4.23. The Kier molecular flexibility index (Phi) is 6.55. The van der Waals surface area contributed by atoms with Crippen LogP contribution in [-0.4, -0.2) is 30.5 Å². The molecule has 0 aliphatic heterocycles. The van der Waals surface area contributed by atoms with Crippen molar-refractivity contribution in [1.82, 2.24) is 10.3 Å². The highest BCUT2D eigenvalue weighted by Crippen LogP contribution is 2.34. The Hall–Kier alpha value is -2.44. The third-order valence-electron chi connectivity index (χ3n) is 5.07. The van der Waals surface area contributed by atoms with E-state index in [0.717, 1.165) is 18.4 Å². The number of hydrogen-bond donors (Lipinski definition) is 2. The fraction of sp³-hybridized carbons (Fsp3) is 0.409. The number of nitrogens with one attached hydrogen (secondary N) is 2. The number of ether oxygens (including phenoxy) is 1. The molecule has 1 aliphatic rings. The van der Waals surface area contributed by atoms with Gasteiger partial charge in [0.1, 0.15) is 5.69 Å². The standard InChI is InChI=1S/C22H26ClN3O3/c1-4-22(23,29-3)16-6-5-7-17(12-16)26-20(27)18-11-8-14(2)25-19(18)21(28)24-13-15-9-10-15/h5-8,11-12,15H,4,9-10,13H2,1-3H3,(H,24,28)(H,26,27). The molecule has 0 spiro atoms. The van der Waals surface area contributed by atoms with Crippen LogP contribution in [0.5, 0.6) is 0 Å². The monoisotopic (exact) mass is 415 g/mol. The Bertz CT molecular complexity index is 908. The minimum Gasteiger partial charge on any atom is -0.359 e. The summed E-state index contributed by atoms with van der Waals surface area (Å²) in [5.74, 6) is -0.191. The van der Waals surface area contributed by atoms with Gasteiger partial charge in [0.05, 0.1) is 5.56 Å². The molecule has 154 valence electrons. The lowest BCUT2D eigenvalue weighted by molar-refractivity contribution is 0.0584. The Morgan fingerprint density at radius 2 is 2.00 bits per heavy atom. The highest BCUT2D eigenvalue weighted by atomic mass is 35.5. The Morgan fingerprint density at radius 3 is 2.66 bits per heavy atom. The van der Waals surface area contributed by atoms with Crippen LogP contribution in [-0.2, 0) is 9.80 Å². The number of carbonyl (C=O) groups excluding carboxylic acids is 2. The minimum absolute atomic E-state index is 0.136. The summed E-state index contributed by atoms with van der Waals surface area (Å²) in [6.45, 7) is 4.33. The van der Waals surface area contributed by atoms with Crippen LogP contribution in [0.3, 0.4) is 0 Å². The number of nitrogens with zero attached hydrogens (tertiary/aromatic N) is 1. The third kappa shape index (κ3) is 5.14. The van der Waals surface area contributed by atoms with Crippen molar-refractivity contribution in [1.29, 1.82) is 0 Å². The molecular weight excluding hydrogens is 390 g/mol. The molecule has 0 saturated heterocycles. The summed E-state index contributed by atoms with van der Waals surface area (Å²) >= 11 is 6.51. The topological polar surface area (TPSA) is 80.3 Å². The van der Waals surface area contributed by atoms with Gasteiger partial charge in [-0.05, 0) is 56.4 Å². The van der Waals surface area contributed by atoms with Gasteiger partial charge in [-0.15, -0.1) is 0 Å². The van der Waals surface area contributed by atoms with Crippen LogP contribution in [0.2, 0.25) is 0 Å². The van der Waals surface area contributed by atoms with Crippen molar-refractivity contribution >= 4 is 29.1 Å². The maximum atomic E-state index is 12.9. The van der Waals surface area contributed by atoms with Crippen LogP contribution < -0.4 is 10.6 Å². The van der Waals surface area contributed by atoms with Gasteiger partial charge in [-0.3, -0.25) is 9.59 Å². The second kappa shape index (κ2) is 8.93. The first-order valence-electron chi connectivity index (χ1n) is 9.78. The van der Waals surface area contributed by atoms with Gasteiger partial charge < -0.3 is 15.4 Å². The van der Waals surface area contributed by atoms with Gasteiger partial charge in [0.15, 0.2) is 5.06 Å². The number of pyridine rings is 1. The molecule has 1 aromatic carbocycles. The molecule has 6 nitrogen and oxygen atoms in total. The van der Waals surface area contributed by atoms with Gasteiger partial charge in [-0.25, -0.2) is 4.98 Å². The molecule has 0 radical (unpaired) electrons. The van der Waals surface area contributed by atoms with E-state index < -0.39 is 11.0 Å². The lowest BCUT2D eigenvalue weighted by Crippen LogP contribution is -2.29. The molecule has 2 aromatic rings. The summed E-state index contributed by atoms with van der Waals surface area (Å²) < 4.78 is 5.42. The van der Waals surface area contributed by atoms with Crippen molar-refractivity contribution in [2.75, 3.05) is 19.0 Å². The molecule has 2 N–H and O–H groups in total. The molecule has 7 heteroatoms. The largest absolute Gasteiger partial charge is 0.359 e. The van der Waals surface area contributed by atoms with Gasteiger partial charge in [0.2, 0.25) is 0 Å². The number of aryl methyl sites for hydroxylation is 1. The number of hydrogen-bond acceptors (Lipinski definition) is 4. The van der Waals surface area contributed by atoms with Gasteiger partial charge in [-0.2, -0.15) is 0 Å². The summed E-state index contributed by atoms with van der Waals surface area (Å²) in [5, 5.41) is 4.76. The van der Waals surface area contributed by atoms with Crippen molar-refractivity contribution in [3.05, 3.63) is 58.9 Å². The molecular formula is C22H26ClN3O3. The first kappa shape index (κ1) is 21.3. The summed E-state index contributed by atoms with van der Waals surface area (Å²) in [7, 11) is 1.55. The van der Waals surface area contributed by atoms with E-state index in [2.05, 4.69) is 15.6 Å². The number of carbonyl (C=O) groups is 2. The molecule has 1 aliphatic carbocycles. The number of aromatic nitrogens is 1. The van der Waals surface area contributed by atoms with E-state index >= 15 is 0 Å². The lowest BCUT2D eigenvalue weighted by atomic mass is 10.1. The van der Waals surface area contributed by atoms with Crippen LogP contribution in [0.1, 0.15) is 58.3 Å². The normalized spacial score (nSPS) is 15.4. The number of benzene rings is 1. The molecule has 3 rings (SSSR count). The smallest absolute Gasteiger partial charge is 0.270 e. The Morgan fingerprint density at radius 1 is 1.24 bits per heavy atom. The lowest BCUT2D eigenvalue weighted by Gasteiger charge is -2.25. The van der Waals surface area contributed by atoms with Gasteiger partial charge in [-0.1, -0.05) is 30.7 Å². The summed E-state index contributed by atoms with van der Waals surface area (Å²) in [6, 6.07) is 10.5. The van der Waals surface area contributed by atoms with E-state index in [1.807, 2.05) is 13.0 Å². The van der Waals surface area contributed by atoms with Crippen molar-refractivity contribution in [3.63, 3.8) is 0 Å². The van der Waals surface area contributed by atoms with E-state index in [1.54, 1.807) is 44.4 Å². The van der Waals surface area contributed by atoms with E-state index in [0.29, 0.717) is 30.3 Å². The van der Waals surface area contributed by atoms with E-state index in [1.165, 1.54) is 0 Å².